The summed E-state index contributed by atoms with van der Waals surface area (Å²) in [5.41, 5.74) is 1.98. The van der Waals surface area contributed by atoms with Gasteiger partial charge in [-0.25, -0.2) is 4.79 Å². The summed E-state index contributed by atoms with van der Waals surface area (Å²) in [6.07, 6.45) is 0. The van der Waals surface area contributed by atoms with Crippen molar-refractivity contribution in [2.45, 2.75) is 6.92 Å². The van der Waals surface area contributed by atoms with Gasteiger partial charge in [-0.3, -0.25) is 4.79 Å². The van der Waals surface area contributed by atoms with Gasteiger partial charge in [-0.1, -0.05) is 6.92 Å². The molecule has 1 unspecified atom stereocenters. The normalized spacial score (nSPS) is 18.7. The fraction of sp³-hybridized carbons (Fsp3) is 0.385. The third-order valence-corrected chi connectivity index (χ3v) is 3.08. The molecule has 2 rings (SSSR count). The summed E-state index contributed by atoms with van der Waals surface area (Å²) in [6.45, 7) is 2.52. The minimum Gasteiger partial charge on any atom is -0.465 e. The fourth-order valence-corrected chi connectivity index (χ4v) is 2.06. The van der Waals surface area contributed by atoms with Crippen molar-refractivity contribution < 1.29 is 14.3 Å². The maximum absolute atomic E-state index is 11.8. The molecule has 0 saturated heterocycles. The molecular formula is C13H16N2O3. The van der Waals surface area contributed by atoms with E-state index in [1.807, 2.05) is 24.9 Å². The Labute approximate surface area is 106 Å². The highest BCUT2D eigenvalue weighted by molar-refractivity contribution is 6.00. The third-order valence-electron chi connectivity index (χ3n) is 3.08. The largest absolute Gasteiger partial charge is 0.465 e. The predicted octanol–water partition coefficient (Wildman–Crippen LogP) is 1.50. The highest BCUT2D eigenvalue weighted by atomic mass is 16.5. The Bertz CT molecular complexity index is 499. The fourth-order valence-electron chi connectivity index (χ4n) is 2.06. The Balaban J connectivity index is 2.43. The maximum atomic E-state index is 11.8. The van der Waals surface area contributed by atoms with Gasteiger partial charge in [0.15, 0.2) is 0 Å². The molecule has 0 radical (unpaired) electrons. The van der Waals surface area contributed by atoms with E-state index in [9.17, 15) is 9.59 Å². The molecule has 1 aromatic rings. The molecule has 1 N–H and O–H groups in total. The molecule has 1 aliphatic rings. The molecule has 18 heavy (non-hydrogen) atoms. The minimum atomic E-state index is -0.410. The summed E-state index contributed by atoms with van der Waals surface area (Å²) in [5, 5.41) is 2.83. The first-order chi connectivity index (χ1) is 8.52. The average Bonchev–Trinajstić information content (AvgIpc) is 2.46. The molecule has 0 saturated carbocycles. The zero-order valence-corrected chi connectivity index (χ0v) is 10.7. The van der Waals surface area contributed by atoms with Crippen LogP contribution >= 0.6 is 0 Å². The van der Waals surface area contributed by atoms with Gasteiger partial charge < -0.3 is 15.0 Å². The Morgan fingerprint density at radius 1 is 1.50 bits per heavy atom. The summed E-state index contributed by atoms with van der Waals surface area (Å²) >= 11 is 0. The van der Waals surface area contributed by atoms with Crippen LogP contribution in [0.5, 0.6) is 0 Å². The Hall–Kier alpha value is -2.04. The second-order valence-corrected chi connectivity index (χ2v) is 4.49. The summed E-state index contributed by atoms with van der Waals surface area (Å²) in [5.74, 6) is -0.543. The molecular weight excluding hydrogens is 232 g/mol. The molecule has 0 spiro atoms. The number of carbonyl (C=O) groups is 2. The third kappa shape index (κ3) is 2.16. The molecule has 1 heterocycles. The number of hydrogen-bond donors (Lipinski definition) is 1. The summed E-state index contributed by atoms with van der Waals surface area (Å²) in [6, 6.07) is 5.16. The van der Waals surface area contributed by atoms with Gasteiger partial charge in [0.25, 0.3) is 0 Å². The van der Waals surface area contributed by atoms with E-state index in [-0.39, 0.29) is 11.8 Å². The minimum absolute atomic E-state index is 0.0392. The molecule has 0 fully saturated rings. The molecule has 1 aliphatic heterocycles. The van der Waals surface area contributed by atoms with Gasteiger partial charge >= 0.3 is 5.97 Å². The molecule has 0 bridgehead atoms. The van der Waals surface area contributed by atoms with Crippen LogP contribution in [0.15, 0.2) is 18.2 Å². The zero-order chi connectivity index (χ0) is 13.3. The van der Waals surface area contributed by atoms with Crippen LogP contribution in [0.1, 0.15) is 17.3 Å². The number of methoxy groups -OCH3 is 1. The Morgan fingerprint density at radius 2 is 2.22 bits per heavy atom. The topological polar surface area (TPSA) is 58.6 Å². The van der Waals surface area contributed by atoms with Crippen LogP contribution in [0.2, 0.25) is 0 Å². The number of anilines is 2. The number of hydrogen-bond acceptors (Lipinski definition) is 4. The van der Waals surface area contributed by atoms with Crippen LogP contribution in [0, 0.1) is 5.92 Å². The van der Waals surface area contributed by atoms with E-state index < -0.39 is 5.97 Å². The van der Waals surface area contributed by atoms with E-state index in [4.69, 9.17) is 0 Å². The lowest BCUT2D eigenvalue weighted by Crippen LogP contribution is -2.27. The second-order valence-electron chi connectivity index (χ2n) is 4.49. The summed E-state index contributed by atoms with van der Waals surface area (Å²) in [4.78, 5) is 25.3. The number of nitrogens with one attached hydrogen (secondary N) is 1. The molecule has 0 aliphatic carbocycles. The number of benzene rings is 1. The molecule has 5 heteroatoms. The monoisotopic (exact) mass is 248 g/mol. The van der Waals surface area contributed by atoms with Crippen molar-refractivity contribution in [3.8, 4) is 0 Å². The number of ether oxygens (including phenoxy) is 1. The van der Waals surface area contributed by atoms with E-state index in [1.54, 1.807) is 12.1 Å². The van der Waals surface area contributed by atoms with Gasteiger partial charge in [0.05, 0.1) is 30.0 Å². The van der Waals surface area contributed by atoms with Crippen LogP contribution < -0.4 is 10.2 Å². The van der Waals surface area contributed by atoms with Crippen LogP contribution in [0.3, 0.4) is 0 Å². The molecule has 0 aromatic heterocycles. The lowest BCUT2D eigenvalue weighted by Gasteiger charge is -2.20. The van der Waals surface area contributed by atoms with Crippen molar-refractivity contribution in [2.75, 3.05) is 30.9 Å². The maximum Gasteiger partial charge on any atom is 0.337 e. The number of rotatable bonds is 1. The smallest absolute Gasteiger partial charge is 0.337 e. The number of amides is 1. The molecule has 1 aromatic carbocycles. The van der Waals surface area contributed by atoms with Gasteiger partial charge in [-0.2, -0.15) is 0 Å². The van der Waals surface area contributed by atoms with Gasteiger partial charge in [0.1, 0.15) is 0 Å². The quantitative estimate of drug-likeness (QED) is 0.765. The van der Waals surface area contributed by atoms with Crippen molar-refractivity contribution in [1.29, 1.82) is 0 Å². The van der Waals surface area contributed by atoms with E-state index in [0.29, 0.717) is 17.8 Å². The molecule has 1 atom stereocenters. The van der Waals surface area contributed by atoms with Crippen molar-refractivity contribution in [2.24, 2.45) is 5.92 Å². The van der Waals surface area contributed by atoms with Crippen LogP contribution in [0.25, 0.3) is 0 Å². The summed E-state index contributed by atoms with van der Waals surface area (Å²) < 4.78 is 4.67. The van der Waals surface area contributed by atoms with Gasteiger partial charge in [0, 0.05) is 13.6 Å². The molecule has 96 valence electrons. The van der Waals surface area contributed by atoms with Crippen molar-refractivity contribution in [3.63, 3.8) is 0 Å². The van der Waals surface area contributed by atoms with Crippen LogP contribution in [-0.4, -0.2) is 32.6 Å². The molecule has 1 amide bonds. The standard InChI is InChI=1S/C13H16N2O3/c1-8-7-15(2)11-5-4-9(13(17)18-3)6-10(11)14-12(8)16/h4-6,8H,7H2,1-3H3,(H,14,16). The molecule has 5 nitrogen and oxygen atoms in total. The van der Waals surface area contributed by atoms with Gasteiger partial charge in [-0.05, 0) is 18.2 Å². The Kier molecular flexibility index (Phi) is 3.23. The van der Waals surface area contributed by atoms with E-state index in [2.05, 4.69) is 10.1 Å². The first kappa shape index (κ1) is 12.4. The highest BCUT2D eigenvalue weighted by Crippen LogP contribution is 2.30. The van der Waals surface area contributed by atoms with Crippen molar-refractivity contribution >= 4 is 23.3 Å². The lowest BCUT2D eigenvalue weighted by molar-refractivity contribution is -0.119. The van der Waals surface area contributed by atoms with E-state index in [1.165, 1.54) is 7.11 Å². The SMILES string of the molecule is COC(=O)c1ccc2c(c1)NC(=O)C(C)CN2C. The second kappa shape index (κ2) is 4.68. The van der Waals surface area contributed by atoms with Crippen LogP contribution in [0.4, 0.5) is 11.4 Å². The van der Waals surface area contributed by atoms with E-state index >= 15 is 0 Å². The van der Waals surface area contributed by atoms with E-state index in [0.717, 1.165) is 5.69 Å². The highest BCUT2D eigenvalue weighted by Gasteiger charge is 2.23. The number of fused-ring (bicyclic) bond motifs is 1. The number of carbonyl (C=O) groups excluding carboxylic acids is 2. The number of nitrogens with zero attached hydrogens (tertiary/aromatic N) is 1. The van der Waals surface area contributed by atoms with Crippen LogP contribution in [-0.2, 0) is 9.53 Å². The van der Waals surface area contributed by atoms with Gasteiger partial charge in [0.2, 0.25) is 5.91 Å². The number of esters is 1. The predicted molar refractivity (Wildman–Crippen MR) is 68.8 cm³/mol. The average molecular weight is 248 g/mol. The van der Waals surface area contributed by atoms with Gasteiger partial charge in [-0.15, -0.1) is 0 Å². The van der Waals surface area contributed by atoms with Crippen molar-refractivity contribution in [1.82, 2.24) is 0 Å². The van der Waals surface area contributed by atoms with Crippen molar-refractivity contribution in [3.05, 3.63) is 23.8 Å². The first-order valence-electron chi connectivity index (χ1n) is 5.77. The zero-order valence-electron chi connectivity index (χ0n) is 10.7. The first-order valence-corrected chi connectivity index (χ1v) is 5.77. The lowest BCUT2D eigenvalue weighted by atomic mass is 10.1. The Morgan fingerprint density at radius 3 is 2.89 bits per heavy atom. The summed E-state index contributed by atoms with van der Waals surface area (Å²) in [7, 11) is 3.26.